The molecule has 126 valence electrons. The molecule has 5 nitrogen and oxygen atoms in total. The van der Waals surface area contributed by atoms with Gasteiger partial charge in [-0.15, -0.1) is 0 Å². The largest absolute Gasteiger partial charge is 0.490 e. The van der Waals surface area contributed by atoms with Crippen LogP contribution in [0.1, 0.15) is 56.8 Å². The van der Waals surface area contributed by atoms with E-state index in [1.165, 1.54) is 0 Å². The molecule has 0 aromatic heterocycles. The van der Waals surface area contributed by atoms with Gasteiger partial charge in [0.25, 0.3) is 0 Å². The zero-order valence-electron chi connectivity index (χ0n) is 14.0. The third-order valence-electron chi connectivity index (χ3n) is 3.71. The predicted molar refractivity (Wildman–Crippen MR) is 87.9 cm³/mol. The molecule has 0 spiro atoms. The summed E-state index contributed by atoms with van der Waals surface area (Å²) in [6.45, 7) is 5.56. The Bertz CT molecular complexity index is 525. The summed E-state index contributed by atoms with van der Waals surface area (Å²) in [5, 5.41) is 2.92. The van der Waals surface area contributed by atoms with E-state index in [4.69, 9.17) is 9.47 Å². The summed E-state index contributed by atoms with van der Waals surface area (Å²) in [4.78, 5) is 22.4. The van der Waals surface area contributed by atoms with Gasteiger partial charge in [0.05, 0.1) is 6.10 Å². The first-order valence-electron chi connectivity index (χ1n) is 8.07. The lowest BCUT2D eigenvalue weighted by Gasteiger charge is -2.30. The lowest BCUT2D eigenvalue weighted by molar-refractivity contribution is 0.0470. The summed E-state index contributed by atoms with van der Waals surface area (Å²) in [7, 11) is 0. The molecule has 0 bridgehead atoms. The molecule has 0 aliphatic heterocycles. The second-order valence-electron chi connectivity index (χ2n) is 6.92. The molecule has 1 aromatic carbocycles. The summed E-state index contributed by atoms with van der Waals surface area (Å²) in [5.74, 6) is 0.777. The lowest BCUT2D eigenvalue weighted by Crippen LogP contribution is -2.42. The zero-order valence-corrected chi connectivity index (χ0v) is 14.0. The monoisotopic (exact) mass is 319 g/mol. The van der Waals surface area contributed by atoms with E-state index in [0.717, 1.165) is 37.7 Å². The Hall–Kier alpha value is -2.04. The van der Waals surface area contributed by atoms with Crippen molar-refractivity contribution < 1.29 is 19.1 Å². The Morgan fingerprint density at radius 3 is 2.26 bits per heavy atom. The SMILES string of the molecule is CC(C)(C)OC(=O)NC1CCC(Oc2ccc(C=O)cc2)CC1. The van der Waals surface area contributed by atoms with Crippen LogP contribution in [0.4, 0.5) is 4.79 Å². The van der Waals surface area contributed by atoms with Crippen LogP contribution in [0, 0.1) is 0 Å². The second kappa shape index (κ2) is 7.49. The van der Waals surface area contributed by atoms with Crippen molar-refractivity contribution in [1.29, 1.82) is 0 Å². The molecular formula is C18H25NO4. The third kappa shape index (κ3) is 5.93. The molecular weight excluding hydrogens is 294 g/mol. The van der Waals surface area contributed by atoms with Gasteiger partial charge in [-0.2, -0.15) is 0 Å². The summed E-state index contributed by atoms with van der Waals surface area (Å²) in [6.07, 6.45) is 4.12. The molecule has 2 rings (SSSR count). The molecule has 1 aliphatic rings. The van der Waals surface area contributed by atoms with Gasteiger partial charge in [0.2, 0.25) is 0 Å². The zero-order chi connectivity index (χ0) is 16.9. The van der Waals surface area contributed by atoms with Crippen molar-refractivity contribution in [1.82, 2.24) is 5.32 Å². The van der Waals surface area contributed by atoms with Crippen molar-refractivity contribution in [3.8, 4) is 5.75 Å². The van der Waals surface area contributed by atoms with Crippen molar-refractivity contribution in [2.45, 2.75) is 64.2 Å². The number of alkyl carbamates (subject to hydrolysis) is 1. The van der Waals surface area contributed by atoms with Crippen molar-refractivity contribution in [3.05, 3.63) is 29.8 Å². The number of nitrogens with one attached hydrogen (secondary N) is 1. The minimum absolute atomic E-state index is 0.141. The number of rotatable bonds is 4. The first-order chi connectivity index (χ1) is 10.9. The molecule has 5 heteroatoms. The first-order valence-corrected chi connectivity index (χ1v) is 8.07. The van der Waals surface area contributed by atoms with Gasteiger partial charge in [0, 0.05) is 11.6 Å². The van der Waals surface area contributed by atoms with Gasteiger partial charge in [-0.25, -0.2) is 4.79 Å². The number of benzene rings is 1. The highest BCUT2D eigenvalue weighted by molar-refractivity contribution is 5.74. The molecule has 1 saturated carbocycles. The van der Waals surface area contributed by atoms with E-state index in [9.17, 15) is 9.59 Å². The average molecular weight is 319 g/mol. The van der Waals surface area contributed by atoms with Gasteiger partial charge >= 0.3 is 6.09 Å². The van der Waals surface area contributed by atoms with Crippen LogP contribution in [0.15, 0.2) is 24.3 Å². The standard InChI is InChI=1S/C18H25NO4/c1-18(2,3)23-17(21)19-14-6-10-16(11-7-14)22-15-8-4-13(12-20)5-9-15/h4-5,8-9,12,14,16H,6-7,10-11H2,1-3H3,(H,19,21). The highest BCUT2D eigenvalue weighted by Gasteiger charge is 2.25. The quantitative estimate of drug-likeness (QED) is 0.859. The topological polar surface area (TPSA) is 64.6 Å². The molecule has 0 radical (unpaired) electrons. The maximum absolute atomic E-state index is 11.8. The molecule has 0 atom stereocenters. The van der Waals surface area contributed by atoms with Crippen molar-refractivity contribution >= 4 is 12.4 Å². The fourth-order valence-corrected chi connectivity index (χ4v) is 2.62. The van der Waals surface area contributed by atoms with E-state index in [1.54, 1.807) is 12.1 Å². The van der Waals surface area contributed by atoms with Gasteiger partial charge < -0.3 is 14.8 Å². The van der Waals surface area contributed by atoms with Crippen molar-refractivity contribution in [2.24, 2.45) is 0 Å². The number of amides is 1. The number of hydrogen-bond donors (Lipinski definition) is 1. The molecule has 0 heterocycles. The number of hydrogen-bond acceptors (Lipinski definition) is 4. The Morgan fingerprint density at radius 2 is 1.74 bits per heavy atom. The third-order valence-corrected chi connectivity index (χ3v) is 3.71. The normalized spacial score (nSPS) is 21.3. The van der Waals surface area contributed by atoms with Gasteiger partial charge in [-0.05, 0) is 70.7 Å². The highest BCUT2D eigenvalue weighted by atomic mass is 16.6. The second-order valence-corrected chi connectivity index (χ2v) is 6.92. The van der Waals surface area contributed by atoms with Crippen LogP contribution in [0.5, 0.6) is 5.75 Å². The molecule has 1 aliphatic carbocycles. The van der Waals surface area contributed by atoms with Gasteiger partial charge in [0.15, 0.2) is 0 Å². The Labute approximate surface area is 137 Å². The van der Waals surface area contributed by atoms with E-state index in [0.29, 0.717) is 5.56 Å². The number of carbonyl (C=O) groups excluding carboxylic acids is 2. The Balaban J connectivity index is 1.75. The van der Waals surface area contributed by atoms with Gasteiger partial charge in [0.1, 0.15) is 17.6 Å². The fourth-order valence-electron chi connectivity index (χ4n) is 2.62. The average Bonchev–Trinajstić information content (AvgIpc) is 2.48. The predicted octanol–water partition coefficient (Wildman–Crippen LogP) is 3.71. The number of ether oxygens (including phenoxy) is 2. The summed E-state index contributed by atoms with van der Waals surface area (Å²) in [6, 6.07) is 7.27. The van der Waals surface area contributed by atoms with E-state index in [1.807, 2.05) is 32.9 Å². The highest BCUT2D eigenvalue weighted by Crippen LogP contribution is 2.24. The molecule has 1 aromatic rings. The van der Waals surface area contributed by atoms with Crippen molar-refractivity contribution in [2.75, 3.05) is 0 Å². The summed E-state index contributed by atoms with van der Waals surface area (Å²) >= 11 is 0. The van der Waals surface area contributed by atoms with E-state index < -0.39 is 5.60 Å². The number of aldehydes is 1. The maximum atomic E-state index is 11.8. The molecule has 23 heavy (non-hydrogen) atoms. The Morgan fingerprint density at radius 1 is 1.13 bits per heavy atom. The summed E-state index contributed by atoms with van der Waals surface area (Å²) < 4.78 is 11.2. The smallest absolute Gasteiger partial charge is 0.407 e. The molecule has 1 fully saturated rings. The number of carbonyl (C=O) groups is 2. The molecule has 1 amide bonds. The van der Waals surface area contributed by atoms with Crippen LogP contribution < -0.4 is 10.1 Å². The van der Waals surface area contributed by atoms with Crippen LogP contribution in [0.2, 0.25) is 0 Å². The van der Waals surface area contributed by atoms with E-state index >= 15 is 0 Å². The minimum atomic E-state index is -0.474. The van der Waals surface area contributed by atoms with Crippen LogP contribution >= 0.6 is 0 Å². The van der Waals surface area contributed by atoms with Crippen molar-refractivity contribution in [3.63, 3.8) is 0 Å². The summed E-state index contributed by atoms with van der Waals surface area (Å²) in [5.41, 5.74) is 0.167. The van der Waals surface area contributed by atoms with E-state index in [-0.39, 0.29) is 18.2 Å². The minimum Gasteiger partial charge on any atom is -0.490 e. The lowest BCUT2D eigenvalue weighted by atomic mass is 9.93. The van der Waals surface area contributed by atoms with E-state index in [2.05, 4.69) is 5.32 Å². The molecule has 1 N–H and O–H groups in total. The first kappa shape index (κ1) is 17.3. The van der Waals surface area contributed by atoms with Crippen LogP contribution in [-0.4, -0.2) is 30.1 Å². The van der Waals surface area contributed by atoms with Gasteiger partial charge in [-0.3, -0.25) is 4.79 Å². The van der Waals surface area contributed by atoms with Crippen LogP contribution in [0.25, 0.3) is 0 Å². The van der Waals surface area contributed by atoms with Gasteiger partial charge in [-0.1, -0.05) is 0 Å². The maximum Gasteiger partial charge on any atom is 0.407 e. The van der Waals surface area contributed by atoms with Crippen LogP contribution in [0.3, 0.4) is 0 Å². The Kier molecular flexibility index (Phi) is 5.64. The molecule has 0 unspecified atom stereocenters. The molecule has 0 saturated heterocycles. The fraction of sp³-hybridized carbons (Fsp3) is 0.556. The van der Waals surface area contributed by atoms with Crippen LogP contribution in [-0.2, 0) is 4.74 Å².